The molecule has 0 spiro atoms. The maximum Gasteiger partial charge on any atom is 0.304 e. The van der Waals surface area contributed by atoms with Crippen molar-refractivity contribution < 1.29 is 9.90 Å². The first-order chi connectivity index (χ1) is 8.40. The van der Waals surface area contributed by atoms with Gasteiger partial charge < -0.3 is 5.11 Å². The fraction of sp³-hybridized carbons (Fsp3) is 0.692. The molecule has 0 aliphatic heterocycles. The van der Waals surface area contributed by atoms with E-state index in [1.165, 1.54) is 0 Å². The summed E-state index contributed by atoms with van der Waals surface area (Å²) in [4.78, 5) is 12.8. The number of carboxylic acids is 1. The molecule has 1 aromatic rings. The van der Waals surface area contributed by atoms with E-state index in [9.17, 15) is 4.79 Å². The van der Waals surface area contributed by atoms with Crippen molar-refractivity contribution in [3.63, 3.8) is 0 Å². The Bertz CT molecular complexity index is 385. The number of rotatable bonds is 7. The Morgan fingerprint density at radius 2 is 2.11 bits per heavy atom. The summed E-state index contributed by atoms with van der Waals surface area (Å²) in [5.41, 5.74) is 0.989. The first-order valence-electron chi connectivity index (χ1n) is 6.40. The van der Waals surface area contributed by atoms with Crippen LogP contribution >= 0.6 is 0 Å². The Morgan fingerprint density at radius 3 is 2.56 bits per heavy atom. The van der Waals surface area contributed by atoms with Gasteiger partial charge in [0, 0.05) is 31.4 Å². The minimum Gasteiger partial charge on any atom is -0.481 e. The zero-order valence-electron chi connectivity index (χ0n) is 11.6. The molecule has 0 saturated carbocycles. The number of aromatic nitrogens is 2. The molecule has 0 fully saturated rings. The lowest BCUT2D eigenvalue weighted by Crippen LogP contribution is -2.32. The molecule has 0 atom stereocenters. The Hall–Kier alpha value is -1.36. The molecule has 1 N–H and O–H groups in total. The molecule has 1 aromatic heterocycles. The molecule has 102 valence electrons. The van der Waals surface area contributed by atoms with Crippen LogP contribution in [-0.2, 0) is 11.3 Å². The second-order valence-corrected chi connectivity index (χ2v) is 5.09. The van der Waals surface area contributed by atoms with Crippen molar-refractivity contribution in [3.8, 4) is 0 Å². The molecule has 0 bridgehead atoms. The van der Waals surface area contributed by atoms with Crippen molar-refractivity contribution >= 4 is 5.97 Å². The van der Waals surface area contributed by atoms with Gasteiger partial charge in [0.2, 0.25) is 0 Å². The molecule has 0 saturated heterocycles. The summed E-state index contributed by atoms with van der Waals surface area (Å²) in [6, 6.07) is 2.66. The second kappa shape index (κ2) is 6.54. The van der Waals surface area contributed by atoms with Crippen molar-refractivity contribution in [1.29, 1.82) is 0 Å². The number of carbonyl (C=O) groups is 1. The second-order valence-electron chi connectivity index (χ2n) is 5.09. The van der Waals surface area contributed by atoms with Crippen LogP contribution < -0.4 is 0 Å². The third kappa shape index (κ3) is 4.49. The van der Waals surface area contributed by atoms with Crippen molar-refractivity contribution in [3.05, 3.63) is 18.0 Å². The molecule has 0 amide bonds. The summed E-state index contributed by atoms with van der Waals surface area (Å²) in [5.74, 6) is -0.756. The summed E-state index contributed by atoms with van der Waals surface area (Å²) in [6.45, 7) is 9.57. The monoisotopic (exact) mass is 253 g/mol. The van der Waals surface area contributed by atoms with E-state index in [2.05, 4.69) is 37.7 Å². The van der Waals surface area contributed by atoms with Crippen LogP contribution in [0.2, 0.25) is 0 Å². The number of nitrogens with zero attached hydrogens (tertiary/aromatic N) is 3. The Morgan fingerprint density at radius 1 is 1.44 bits per heavy atom. The maximum absolute atomic E-state index is 10.6. The molecule has 5 heteroatoms. The smallest absolute Gasteiger partial charge is 0.304 e. The van der Waals surface area contributed by atoms with E-state index in [4.69, 9.17) is 5.11 Å². The third-order valence-electron chi connectivity index (χ3n) is 2.90. The van der Waals surface area contributed by atoms with Gasteiger partial charge in [0.25, 0.3) is 0 Å². The van der Waals surface area contributed by atoms with Crippen molar-refractivity contribution in [2.45, 2.75) is 52.7 Å². The minimum atomic E-state index is -0.756. The minimum absolute atomic E-state index is 0.170. The van der Waals surface area contributed by atoms with Gasteiger partial charge in [0.05, 0.1) is 12.1 Å². The molecule has 0 unspecified atom stereocenters. The number of carboxylic acid groups (broad SMARTS) is 1. The van der Waals surface area contributed by atoms with E-state index in [-0.39, 0.29) is 6.42 Å². The highest BCUT2D eigenvalue weighted by molar-refractivity contribution is 5.66. The zero-order chi connectivity index (χ0) is 13.7. The first kappa shape index (κ1) is 14.7. The number of hydrogen-bond donors (Lipinski definition) is 1. The molecular weight excluding hydrogens is 230 g/mol. The van der Waals surface area contributed by atoms with Crippen LogP contribution in [-0.4, -0.2) is 38.3 Å². The fourth-order valence-electron chi connectivity index (χ4n) is 1.72. The predicted octanol–water partition coefficient (Wildman–Crippen LogP) is 2.15. The number of hydrogen-bond acceptors (Lipinski definition) is 3. The SMILES string of the molecule is CC(C)N(CCC(=O)O)Cc1ccn(C(C)C)n1. The van der Waals surface area contributed by atoms with Gasteiger partial charge in [-0.05, 0) is 33.8 Å². The lowest BCUT2D eigenvalue weighted by Gasteiger charge is -2.24. The highest BCUT2D eigenvalue weighted by Gasteiger charge is 2.13. The van der Waals surface area contributed by atoms with E-state index in [0.717, 1.165) is 5.69 Å². The Kier molecular flexibility index (Phi) is 5.34. The van der Waals surface area contributed by atoms with Gasteiger partial charge in [-0.2, -0.15) is 5.10 Å². The van der Waals surface area contributed by atoms with Crippen LogP contribution in [0.4, 0.5) is 0 Å². The van der Waals surface area contributed by atoms with E-state index < -0.39 is 5.97 Å². The fourth-order valence-corrected chi connectivity index (χ4v) is 1.72. The maximum atomic E-state index is 10.6. The van der Waals surface area contributed by atoms with Gasteiger partial charge in [0.15, 0.2) is 0 Å². The molecule has 0 radical (unpaired) electrons. The molecule has 5 nitrogen and oxygen atoms in total. The summed E-state index contributed by atoms with van der Waals surface area (Å²) in [5, 5.41) is 13.2. The molecule has 1 rings (SSSR count). The topological polar surface area (TPSA) is 58.4 Å². The van der Waals surface area contributed by atoms with Crippen LogP contribution in [0.25, 0.3) is 0 Å². The van der Waals surface area contributed by atoms with Crippen LogP contribution in [0.1, 0.15) is 45.9 Å². The molecule has 1 heterocycles. The number of aliphatic carboxylic acids is 1. The average molecular weight is 253 g/mol. The lowest BCUT2D eigenvalue weighted by molar-refractivity contribution is -0.137. The van der Waals surface area contributed by atoms with Crippen molar-refractivity contribution in [2.24, 2.45) is 0 Å². The quantitative estimate of drug-likeness (QED) is 0.809. The zero-order valence-corrected chi connectivity index (χ0v) is 11.6. The largest absolute Gasteiger partial charge is 0.481 e. The predicted molar refractivity (Wildman–Crippen MR) is 70.4 cm³/mol. The van der Waals surface area contributed by atoms with Gasteiger partial charge in [-0.3, -0.25) is 14.4 Å². The van der Waals surface area contributed by atoms with Gasteiger partial charge in [0.1, 0.15) is 0 Å². The highest BCUT2D eigenvalue weighted by Crippen LogP contribution is 2.09. The molecule has 0 aromatic carbocycles. The van der Waals surface area contributed by atoms with Crippen LogP contribution in [0.3, 0.4) is 0 Å². The summed E-state index contributed by atoms with van der Waals surface area (Å²) in [6.07, 6.45) is 2.14. The average Bonchev–Trinajstić information content (AvgIpc) is 2.71. The van der Waals surface area contributed by atoms with E-state index >= 15 is 0 Å². The third-order valence-corrected chi connectivity index (χ3v) is 2.90. The van der Waals surface area contributed by atoms with Gasteiger partial charge in [-0.15, -0.1) is 0 Å². The Labute approximate surface area is 108 Å². The molecular formula is C13H23N3O2. The summed E-state index contributed by atoms with van der Waals surface area (Å²) in [7, 11) is 0. The van der Waals surface area contributed by atoms with E-state index in [1.807, 2.05) is 16.9 Å². The standard InChI is InChI=1S/C13H23N3O2/c1-10(2)15(7-6-13(17)18)9-12-5-8-16(14-12)11(3)4/h5,8,10-11H,6-7,9H2,1-4H3,(H,17,18). The van der Waals surface area contributed by atoms with Crippen molar-refractivity contribution in [1.82, 2.24) is 14.7 Å². The molecule has 0 aliphatic rings. The van der Waals surface area contributed by atoms with Crippen LogP contribution in [0.15, 0.2) is 12.3 Å². The van der Waals surface area contributed by atoms with Gasteiger partial charge in [-0.25, -0.2) is 0 Å². The van der Waals surface area contributed by atoms with Gasteiger partial charge in [-0.1, -0.05) is 0 Å². The van der Waals surface area contributed by atoms with E-state index in [0.29, 0.717) is 25.2 Å². The summed E-state index contributed by atoms with van der Waals surface area (Å²) >= 11 is 0. The van der Waals surface area contributed by atoms with Crippen LogP contribution in [0.5, 0.6) is 0 Å². The van der Waals surface area contributed by atoms with Crippen molar-refractivity contribution in [2.75, 3.05) is 6.54 Å². The lowest BCUT2D eigenvalue weighted by atomic mass is 10.2. The Balaban J connectivity index is 2.61. The molecule has 18 heavy (non-hydrogen) atoms. The van der Waals surface area contributed by atoms with Crippen LogP contribution in [0, 0.1) is 0 Å². The molecule has 0 aliphatic carbocycles. The summed E-state index contributed by atoms with van der Waals surface area (Å²) < 4.78 is 1.92. The normalized spacial score (nSPS) is 11.7. The first-order valence-corrected chi connectivity index (χ1v) is 6.40. The van der Waals surface area contributed by atoms with E-state index in [1.54, 1.807) is 0 Å². The van der Waals surface area contributed by atoms with Gasteiger partial charge >= 0.3 is 5.97 Å². The highest BCUT2D eigenvalue weighted by atomic mass is 16.4.